The summed E-state index contributed by atoms with van der Waals surface area (Å²) in [6.45, 7) is 7.43. The maximum Gasteiger partial charge on any atom is 0.337 e. The lowest BCUT2D eigenvalue weighted by atomic mass is 9.88. The number of carboxylic acids is 1. The van der Waals surface area contributed by atoms with E-state index in [0.717, 1.165) is 38.9 Å². The number of nitrogens with one attached hydrogen (secondary N) is 1. The minimum absolute atomic E-state index is 0.605. The summed E-state index contributed by atoms with van der Waals surface area (Å²) in [5.74, 6) is -1.04. The van der Waals surface area contributed by atoms with Crippen LogP contribution in [0.4, 0.5) is 0 Å². The van der Waals surface area contributed by atoms with Crippen molar-refractivity contribution < 1.29 is 14.6 Å². The predicted molar refractivity (Wildman–Crippen MR) is 126 cm³/mol. The number of fused-ring (bicyclic) bond motifs is 1. The average Bonchev–Trinajstić information content (AvgIpc) is 3.26. The predicted octanol–water partition coefficient (Wildman–Crippen LogP) is 6.19. The SMILES string of the molecule is Cc1cc2nc(-c3cn[nH]c3)ccc2c(-c2ccc(Cl)cc2)c1[C@H](OC(C)(C)C)C(=O)O. The molecule has 164 valence electrons. The third-order valence-corrected chi connectivity index (χ3v) is 5.38. The maximum atomic E-state index is 12.3. The molecule has 4 rings (SSSR count). The van der Waals surface area contributed by atoms with Gasteiger partial charge < -0.3 is 9.84 Å². The fraction of sp³-hybridized carbons (Fsp3) is 0.240. The molecule has 7 heteroatoms. The Morgan fingerprint density at radius 1 is 1.12 bits per heavy atom. The quantitative estimate of drug-likeness (QED) is 0.379. The number of rotatable bonds is 5. The number of halogens is 1. The molecule has 0 aliphatic rings. The number of carbonyl (C=O) groups is 1. The van der Waals surface area contributed by atoms with Gasteiger partial charge in [0.05, 0.1) is 23.0 Å². The summed E-state index contributed by atoms with van der Waals surface area (Å²) in [6, 6.07) is 13.2. The van der Waals surface area contributed by atoms with E-state index >= 15 is 0 Å². The van der Waals surface area contributed by atoms with Crippen molar-refractivity contribution in [3.63, 3.8) is 0 Å². The maximum absolute atomic E-state index is 12.3. The molecule has 2 N–H and O–H groups in total. The van der Waals surface area contributed by atoms with Crippen molar-refractivity contribution in [3.8, 4) is 22.4 Å². The van der Waals surface area contributed by atoms with Crippen molar-refractivity contribution in [2.45, 2.75) is 39.4 Å². The number of aromatic nitrogens is 3. The molecule has 0 aliphatic heterocycles. The smallest absolute Gasteiger partial charge is 0.337 e. The van der Waals surface area contributed by atoms with E-state index in [1.165, 1.54) is 0 Å². The molecule has 0 fully saturated rings. The van der Waals surface area contributed by atoms with Crippen LogP contribution >= 0.6 is 11.6 Å². The minimum atomic E-state index is -1.14. The summed E-state index contributed by atoms with van der Waals surface area (Å²) in [4.78, 5) is 17.2. The van der Waals surface area contributed by atoms with E-state index in [9.17, 15) is 9.90 Å². The Bertz CT molecular complexity index is 1280. The van der Waals surface area contributed by atoms with Crippen LogP contribution in [0.5, 0.6) is 0 Å². The molecule has 0 saturated heterocycles. The zero-order chi connectivity index (χ0) is 23.0. The van der Waals surface area contributed by atoms with Crippen LogP contribution in [-0.4, -0.2) is 31.9 Å². The van der Waals surface area contributed by atoms with Gasteiger partial charge in [0.15, 0.2) is 6.10 Å². The van der Waals surface area contributed by atoms with Gasteiger partial charge in [0.1, 0.15) is 0 Å². The molecule has 0 bridgehead atoms. The molecule has 4 aromatic rings. The van der Waals surface area contributed by atoms with Crippen molar-refractivity contribution in [1.82, 2.24) is 15.2 Å². The molecule has 32 heavy (non-hydrogen) atoms. The first-order chi connectivity index (χ1) is 15.1. The Morgan fingerprint density at radius 3 is 2.44 bits per heavy atom. The number of hydrogen-bond acceptors (Lipinski definition) is 4. The van der Waals surface area contributed by atoms with Gasteiger partial charge in [-0.05, 0) is 68.7 Å². The second kappa shape index (κ2) is 8.37. The Kier molecular flexibility index (Phi) is 5.75. The normalized spacial score (nSPS) is 12.8. The van der Waals surface area contributed by atoms with Gasteiger partial charge in [-0.3, -0.25) is 5.10 Å². The summed E-state index contributed by atoms with van der Waals surface area (Å²) in [5.41, 5.74) is 4.79. The van der Waals surface area contributed by atoms with Crippen LogP contribution in [-0.2, 0) is 9.53 Å². The van der Waals surface area contributed by atoms with Crippen molar-refractivity contribution in [2.75, 3.05) is 0 Å². The van der Waals surface area contributed by atoms with Crippen LogP contribution < -0.4 is 0 Å². The van der Waals surface area contributed by atoms with Crippen LogP contribution in [0, 0.1) is 6.92 Å². The highest BCUT2D eigenvalue weighted by Gasteiger charge is 2.31. The van der Waals surface area contributed by atoms with Crippen molar-refractivity contribution in [1.29, 1.82) is 0 Å². The van der Waals surface area contributed by atoms with E-state index in [0.29, 0.717) is 10.6 Å². The number of pyridine rings is 1. The Morgan fingerprint density at radius 2 is 1.84 bits per heavy atom. The first-order valence-corrected chi connectivity index (χ1v) is 10.6. The molecule has 2 heterocycles. The summed E-state index contributed by atoms with van der Waals surface area (Å²) in [6.07, 6.45) is 2.36. The number of hydrogen-bond donors (Lipinski definition) is 2. The van der Waals surface area contributed by atoms with Crippen LogP contribution in [0.3, 0.4) is 0 Å². The second-order valence-electron chi connectivity index (χ2n) is 8.69. The molecule has 6 nitrogen and oxygen atoms in total. The fourth-order valence-electron chi connectivity index (χ4n) is 3.82. The molecule has 0 aliphatic carbocycles. The highest BCUT2D eigenvalue weighted by Crippen LogP contribution is 2.40. The van der Waals surface area contributed by atoms with Gasteiger partial charge in [0, 0.05) is 27.7 Å². The Balaban J connectivity index is 2.03. The standard InChI is InChI=1S/C25H24ClN3O3/c1-14-11-20-18(9-10-19(29-20)16-12-27-28-13-16)22(15-5-7-17(26)8-6-15)21(14)23(24(30)31)32-25(2,3)4/h5-13,23H,1-4H3,(H,27,28)(H,30,31)/t23-/m0/s1. The molecule has 2 aromatic heterocycles. The number of aryl methyl sites for hydroxylation is 1. The number of H-pyrrole nitrogens is 1. The molecule has 1 atom stereocenters. The zero-order valence-electron chi connectivity index (χ0n) is 18.3. The van der Waals surface area contributed by atoms with Crippen LogP contribution in [0.25, 0.3) is 33.3 Å². The average molecular weight is 450 g/mol. The summed E-state index contributed by atoms with van der Waals surface area (Å²) in [7, 11) is 0. The third-order valence-electron chi connectivity index (χ3n) is 5.13. The molecule has 2 aromatic carbocycles. The third kappa shape index (κ3) is 4.38. The van der Waals surface area contributed by atoms with Crippen molar-refractivity contribution >= 4 is 28.5 Å². The van der Waals surface area contributed by atoms with Gasteiger partial charge in [0.2, 0.25) is 0 Å². The first-order valence-electron chi connectivity index (χ1n) is 10.2. The molecule has 0 unspecified atom stereocenters. The van der Waals surface area contributed by atoms with Crippen LogP contribution in [0.1, 0.15) is 38.0 Å². The summed E-state index contributed by atoms with van der Waals surface area (Å²) < 4.78 is 6.03. The van der Waals surface area contributed by atoms with Crippen LogP contribution in [0.2, 0.25) is 5.02 Å². The summed E-state index contributed by atoms with van der Waals surface area (Å²) in [5, 5.41) is 18.3. The Hall–Kier alpha value is -3.22. The molecular formula is C25H24ClN3O3. The van der Waals surface area contributed by atoms with Gasteiger partial charge in [-0.1, -0.05) is 29.8 Å². The van der Waals surface area contributed by atoms with Gasteiger partial charge in [0.25, 0.3) is 0 Å². The number of nitrogens with zero attached hydrogens (tertiary/aromatic N) is 2. The lowest BCUT2D eigenvalue weighted by Gasteiger charge is -2.28. The second-order valence-corrected chi connectivity index (χ2v) is 9.12. The largest absolute Gasteiger partial charge is 0.479 e. The fourth-order valence-corrected chi connectivity index (χ4v) is 3.95. The molecule has 0 saturated carbocycles. The lowest BCUT2D eigenvalue weighted by Crippen LogP contribution is -2.28. The van der Waals surface area contributed by atoms with Crippen LogP contribution in [0.15, 0.2) is 54.9 Å². The van der Waals surface area contributed by atoms with E-state index in [2.05, 4.69) is 10.2 Å². The van der Waals surface area contributed by atoms with Gasteiger partial charge in [-0.15, -0.1) is 0 Å². The number of aliphatic carboxylic acids is 1. The van der Waals surface area contributed by atoms with E-state index in [1.807, 2.05) is 58.0 Å². The summed E-state index contributed by atoms with van der Waals surface area (Å²) >= 11 is 6.13. The highest BCUT2D eigenvalue weighted by atomic mass is 35.5. The van der Waals surface area contributed by atoms with E-state index in [1.54, 1.807) is 24.5 Å². The van der Waals surface area contributed by atoms with E-state index < -0.39 is 17.7 Å². The van der Waals surface area contributed by atoms with Gasteiger partial charge >= 0.3 is 5.97 Å². The lowest BCUT2D eigenvalue weighted by molar-refractivity contribution is -0.160. The number of carboxylic acid groups (broad SMARTS) is 1. The molecule has 0 radical (unpaired) electrons. The number of benzene rings is 2. The van der Waals surface area contributed by atoms with Crippen molar-refractivity contribution in [2.24, 2.45) is 0 Å². The highest BCUT2D eigenvalue weighted by molar-refractivity contribution is 6.30. The molecular weight excluding hydrogens is 426 g/mol. The zero-order valence-corrected chi connectivity index (χ0v) is 19.1. The molecule has 0 amide bonds. The van der Waals surface area contributed by atoms with Gasteiger partial charge in [-0.2, -0.15) is 5.10 Å². The number of aromatic amines is 1. The van der Waals surface area contributed by atoms with E-state index in [-0.39, 0.29) is 0 Å². The Labute approximate surface area is 191 Å². The van der Waals surface area contributed by atoms with Gasteiger partial charge in [-0.25, -0.2) is 9.78 Å². The minimum Gasteiger partial charge on any atom is -0.479 e. The topological polar surface area (TPSA) is 88.1 Å². The van der Waals surface area contributed by atoms with Crippen molar-refractivity contribution in [3.05, 3.63) is 71.0 Å². The number of ether oxygens (including phenoxy) is 1. The first kappa shape index (κ1) is 22.0. The molecule has 0 spiro atoms. The monoisotopic (exact) mass is 449 g/mol. The van der Waals surface area contributed by atoms with E-state index in [4.69, 9.17) is 21.3 Å².